The molecule has 0 amide bonds. The number of nitriles is 1. The number of benzene rings is 1. The van der Waals surface area contributed by atoms with Crippen molar-refractivity contribution in [3.05, 3.63) is 46.9 Å². The van der Waals surface area contributed by atoms with E-state index in [4.69, 9.17) is 5.26 Å². The van der Waals surface area contributed by atoms with E-state index in [0.29, 0.717) is 5.16 Å². The first-order chi connectivity index (χ1) is 10.9. The van der Waals surface area contributed by atoms with Gasteiger partial charge < -0.3 is 5.32 Å². The quantitative estimate of drug-likeness (QED) is 0.520. The van der Waals surface area contributed by atoms with E-state index < -0.39 is 29.7 Å². The molecule has 0 aliphatic rings. The summed E-state index contributed by atoms with van der Waals surface area (Å²) in [6.07, 6.45) is -1.70. The molecule has 23 heavy (non-hydrogen) atoms. The lowest BCUT2D eigenvalue weighted by Gasteiger charge is -2.15. The summed E-state index contributed by atoms with van der Waals surface area (Å²) in [7, 11) is 0. The Labute approximate surface area is 133 Å². The van der Waals surface area contributed by atoms with E-state index in [1.54, 1.807) is 6.26 Å². The number of hydrogen-bond donors (Lipinski definition) is 1. The van der Waals surface area contributed by atoms with Crippen LogP contribution in [0.25, 0.3) is 0 Å². The van der Waals surface area contributed by atoms with E-state index in [1.807, 2.05) is 6.07 Å². The fourth-order valence-corrected chi connectivity index (χ4v) is 2.20. The molecule has 120 valence electrons. The minimum Gasteiger partial charge on any atom is -0.365 e. The van der Waals surface area contributed by atoms with Crippen LogP contribution in [0.15, 0.2) is 29.6 Å². The van der Waals surface area contributed by atoms with Crippen LogP contribution < -0.4 is 5.32 Å². The lowest BCUT2D eigenvalue weighted by Crippen LogP contribution is -2.14. The first kappa shape index (κ1) is 17.0. The van der Waals surface area contributed by atoms with Crippen LogP contribution in [0.3, 0.4) is 0 Å². The number of rotatable bonds is 4. The molecule has 2 aromatic rings. The molecule has 1 aromatic carbocycles. The Morgan fingerprint density at radius 2 is 2.09 bits per heavy atom. The van der Waals surface area contributed by atoms with Crippen molar-refractivity contribution in [3.8, 4) is 6.07 Å². The average molecular weight is 342 g/mol. The maximum absolute atomic E-state index is 13.8. The Morgan fingerprint density at radius 1 is 1.35 bits per heavy atom. The summed E-state index contributed by atoms with van der Waals surface area (Å²) < 4.78 is 52.6. The second-order valence-electron chi connectivity index (χ2n) is 4.35. The largest absolute Gasteiger partial charge is 0.416 e. The maximum atomic E-state index is 13.8. The van der Waals surface area contributed by atoms with Gasteiger partial charge in [-0.25, -0.2) is 14.4 Å². The van der Waals surface area contributed by atoms with E-state index in [9.17, 15) is 17.6 Å². The third-order valence-corrected chi connectivity index (χ3v) is 3.49. The first-order valence-corrected chi connectivity index (χ1v) is 7.49. The van der Waals surface area contributed by atoms with Crippen molar-refractivity contribution in [1.82, 2.24) is 9.97 Å². The van der Waals surface area contributed by atoms with Gasteiger partial charge >= 0.3 is 6.18 Å². The predicted molar refractivity (Wildman–Crippen MR) is 77.3 cm³/mol. The highest BCUT2D eigenvalue weighted by Crippen LogP contribution is 2.33. The fourth-order valence-electron chi connectivity index (χ4n) is 1.86. The van der Waals surface area contributed by atoms with Gasteiger partial charge in [-0.3, -0.25) is 0 Å². The van der Waals surface area contributed by atoms with Gasteiger partial charge in [0, 0.05) is 12.1 Å². The fraction of sp³-hybridized carbons (Fsp3) is 0.214. The van der Waals surface area contributed by atoms with Crippen molar-refractivity contribution in [2.45, 2.75) is 17.9 Å². The molecule has 4 nitrogen and oxygen atoms in total. The van der Waals surface area contributed by atoms with Gasteiger partial charge in [-0.15, -0.1) is 0 Å². The van der Waals surface area contributed by atoms with Crippen molar-refractivity contribution in [2.75, 3.05) is 11.6 Å². The number of halogens is 4. The molecular formula is C14H10F4N4S. The van der Waals surface area contributed by atoms with E-state index in [0.717, 1.165) is 18.2 Å². The molecule has 0 aliphatic carbocycles. The van der Waals surface area contributed by atoms with Crippen molar-refractivity contribution < 1.29 is 17.6 Å². The van der Waals surface area contributed by atoms with Crippen LogP contribution in [0.4, 0.5) is 23.4 Å². The average Bonchev–Trinajstić information content (AvgIpc) is 2.52. The molecule has 1 N–H and O–H groups in total. The van der Waals surface area contributed by atoms with Crippen molar-refractivity contribution in [1.29, 1.82) is 5.26 Å². The van der Waals surface area contributed by atoms with Gasteiger partial charge in [0.05, 0.1) is 11.8 Å². The topological polar surface area (TPSA) is 61.6 Å². The van der Waals surface area contributed by atoms with E-state index >= 15 is 0 Å². The highest BCUT2D eigenvalue weighted by molar-refractivity contribution is 7.98. The van der Waals surface area contributed by atoms with Gasteiger partial charge in [-0.05, 0) is 18.4 Å². The van der Waals surface area contributed by atoms with Crippen LogP contribution in [0, 0.1) is 17.1 Å². The number of nitrogens with zero attached hydrogens (tertiary/aromatic N) is 3. The minimum atomic E-state index is -4.67. The van der Waals surface area contributed by atoms with Crippen molar-refractivity contribution >= 4 is 17.6 Å². The third kappa shape index (κ3) is 3.90. The monoisotopic (exact) mass is 342 g/mol. The molecule has 0 saturated carbocycles. The summed E-state index contributed by atoms with van der Waals surface area (Å²) in [5.74, 6) is -0.923. The van der Waals surface area contributed by atoms with Gasteiger partial charge in [0.25, 0.3) is 0 Å². The lowest BCUT2D eigenvalue weighted by molar-refractivity contribution is -0.138. The van der Waals surface area contributed by atoms with Crippen molar-refractivity contribution in [2.24, 2.45) is 0 Å². The number of hydrogen-bond acceptors (Lipinski definition) is 5. The predicted octanol–water partition coefficient (Wildman–Crippen LogP) is 3.84. The molecule has 0 bridgehead atoms. The van der Waals surface area contributed by atoms with E-state index in [-0.39, 0.29) is 11.4 Å². The first-order valence-electron chi connectivity index (χ1n) is 6.26. The van der Waals surface area contributed by atoms with Gasteiger partial charge in [-0.2, -0.15) is 18.4 Å². The van der Waals surface area contributed by atoms with E-state index in [2.05, 4.69) is 15.3 Å². The molecular weight excluding hydrogens is 332 g/mol. The summed E-state index contributed by atoms with van der Waals surface area (Å²) in [5.41, 5.74) is -1.54. The molecule has 0 saturated heterocycles. The molecule has 0 atom stereocenters. The smallest absolute Gasteiger partial charge is 0.365 e. The van der Waals surface area contributed by atoms with Gasteiger partial charge in [0.1, 0.15) is 23.3 Å². The zero-order valence-electron chi connectivity index (χ0n) is 11.8. The summed E-state index contributed by atoms with van der Waals surface area (Å²) in [6, 6.07) is 4.58. The normalized spacial score (nSPS) is 11.1. The Balaban J connectivity index is 2.34. The molecule has 0 unspecified atom stereocenters. The second-order valence-corrected chi connectivity index (χ2v) is 5.12. The van der Waals surface area contributed by atoms with Crippen LogP contribution in [0.5, 0.6) is 0 Å². The zero-order chi connectivity index (χ0) is 17.0. The summed E-state index contributed by atoms with van der Waals surface area (Å²) in [6.45, 7) is -0.457. The van der Waals surface area contributed by atoms with Crippen LogP contribution in [0.2, 0.25) is 0 Å². The number of aromatic nitrogens is 2. The summed E-state index contributed by atoms with van der Waals surface area (Å²) in [5, 5.41) is 11.9. The van der Waals surface area contributed by atoms with Crippen LogP contribution in [0.1, 0.15) is 16.7 Å². The molecule has 2 rings (SSSR count). The van der Waals surface area contributed by atoms with Crippen LogP contribution in [-0.4, -0.2) is 16.2 Å². The summed E-state index contributed by atoms with van der Waals surface area (Å²) in [4.78, 5) is 7.91. The SMILES string of the molecule is CSc1ncc(C#N)c(NCc2c(F)cccc2C(F)(F)F)n1. The minimum absolute atomic E-state index is 0.0585. The van der Waals surface area contributed by atoms with Gasteiger partial charge in [0.15, 0.2) is 5.16 Å². The van der Waals surface area contributed by atoms with E-state index in [1.165, 1.54) is 18.0 Å². The van der Waals surface area contributed by atoms with Gasteiger partial charge in [0.2, 0.25) is 0 Å². The molecule has 1 aromatic heterocycles. The van der Waals surface area contributed by atoms with Crippen LogP contribution >= 0.6 is 11.8 Å². The number of thioether (sulfide) groups is 1. The maximum Gasteiger partial charge on any atom is 0.416 e. The van der Waals surface area contributed by atoms with Crippen molar-refractivity contribution in [3.63, 3.8) is 0 Å². The highest BCUT2D eigenvalue weighted by atomic mass is 32.2. The Hall–Kier alpha value is -2.34. The Kier molecular flexibility index (Phi) is 5.05. The lowest BCUT2D eigenvalue weighted by atomic mass is 10.1. The highest BCUT2D eigenvalue weighted by Gasteiger charge is 2.34. The Morgan fingerprint density at radius 3 is 2.70 bits per heavy atom. The molecule has 1 heterocycles. The molecule has 9 heteroatoms. The zero-order valence-corrected chi connectivity index (χ0v) is 12.6. The van der Waals surface area contributed by atoms with Crippen LogP contribution in [-0.2, 0) is 12.7 Å². The Bertz CT molecular complexity index is 755. The number of nitrogens with one attached hydrogen (secondary N) is 1. The number of anilines is 1. The molecule has 0 spiro atoms. The molecule has 0 fully saturated rings. The number of alkyl halides is 3. The standard InChI is InChI=1S/C14H10F4N4S/c1-23-13-21-6-8(5-19)12(22-13)20-7-9-10(14(16,17)18)3-2-4-11(9)15/h2-4,6H,7H2,1H3,(H,20,21,22). The molecule has 0 aliphatic heterocycles. The summed E-state index contributed by atoms with van der Waals surface area (Å²) >= 11 is 1.21. The second kappa shape index (κ2) is 6.83. The van der Waals surface area contributed by atoms with Gasteiger partial charge in [-0.1, -0.05) is 17.8 Å². The third-order valence-electron chi connectivity index (χ3n) is 2.93. The molecule has 0 radical (unpaired) electrons.